The maximum absolute atomic E-state index is 12.4. The molecule has 1 aromatic heterocycles. The number of nitrogens with one attached hydrogen (secondary N) is 1. The van der Waals surface area contributed by atoms with Crippen LogP contribution < -0.4 is 5.32 Å². The molecule has 100 valence electrons. The number of benzene rings is 2. The quantitative estimate of drug-likeness (QED) is 0.779. The Labute approximate surface area is 117 Å². The minimum absolute atomic E-state index is 0.0919. The maximum Gasteiger partial charge on any atom is 0.252 e. The number of hydrogen-bond donors (Lipinski definition) is 1. The van der Waals surface area contributed by atoms with Gasteiger partial charge >= 0.3 is 0 Å². The highest BCUT2D eigenvalue weighted by Gasteiger charge is 2.15. The van der Waals surface area contributed by atoms with Crippen LogP contribution in [0.5, 0.6) is 0 Å². The molecule has 3 nitrogen and oxygen atoms in total. The van der Waals surface area contributed by atoms with E-state index in [9.17, 15) is 4.79 Å². The fraction of sp³-hybridized carbons (Fsp3) is 0.118. The van der Waals surface area contributed by atoms with Gasteiger partial charge in [-0.05, 0) is 35.9 Å². The second-order valence-corrected chi connectivity index (χ2v) is 4.74. The highest BCUT2D eigenvalue weighted by Crippen LogP contribution is 2.20. The standard InChI is InChI=1S/C17H15NO2/c1-12(16-10-5-11-20-16)18-17(19)15-9-4-7-13-6-2-3-8-14(13)15/h2-12H,1H3,(H,18,19). The van der Waals surface area contributed by atoms with Crippen molar-refractivity contribution >= 4 is 16.7 Å². The van der Waals surface area contributed by atoms with E-state index in [0.29, 0.717) is 5.56 Å². The van der Waals surface area contributed by atoms with Gasteiger partial charge < -0.3 is 9.73 Å². The molecule has 1 amide bonds. The van der Waals surface area contributed by atoms with Gasteiger partial charge in [-0.2, -0.15) is 0 Å². The number of amides is 1. The van der Waals surface area contributed by atoms with E-state index in [1.807, 2.05) is 61.5 Å². The average Bonchev–Trinajstić information content (AvgIpc) is 3.01. The van der Waals surface area contributed by atoms with Crippen molar-refractivity contribution in [3.63, 3.8) is 0 Å². The summed E-state index contributed by atoms with van der Waals surface area (Å²) in [6.45, 7) is 1.90. The van der Waals surface area contributed by atoms with Crippen molar-refractivity contribution in [3.8, 4) is 0 Å². The Kier molecular flexibility index (Phi) is 3.25. The molecule has 1 heterocycles. The van der Waals surface area contributed by atoms with Crippen molar-refractivity contribution in [1.82, 2.24) is 5.32 Å². The summed E-state index contributed by atoms with van der Waals surface area (Å²) in [5.41, 5.74) is 0.682. The van der Waals surface area contributed by atoms with Gasteiger partial charge in [0.1, 0.15) is 5.76 Å². The fourth-order valence-corrected chi connectivity index (χ4v) is 2.31. The maximum atomic E-state index is 12.4. The Hall–Kier alpha value is -2.55. The second-order valence-electron chi connectivity index (χ2n) is 4.74. The predicted molar refractivity (Wildman–Crippen MR) is 78.5 cm³/mol. The van der Waals surface area contributed by atoms with E-state index >= 15 is 0 Å². The molecule has 0 bridgehead atoms. The molecule has 0 radical (unpaired) electrons. The normalized spacial score (nSPS) is 12.2. The molecular weight excluding hydrogens is 250 g/mol. The zero-order chi connectivity index (χ0) is 13.9. The third-order valence-electron chi connectivity index (χ3n) is 3.35. The van der Waals surface area contributed by atoms with Gasteiger partial charge in [-0.25, -0.2) is 0 Å². The smallest absolute Gasteiger partial charge is 0.252 e. The van der Waals surface area contributed by atoms with Gasteiger partial charge in [-0.3, -0.25) is 4.79 Å². The number of fused-ring (bicyclic) bond motifs is 1. The first-order valence-electron chi connectivity index (χ1n) is 6.58. The lowest BCUT2D eigenvalue weighted by molar-refractivity contribution is 0.0937. The van der Waals surface area contributed by atoms with Crippen LogP contribution in [0.4, 0.5) is 0 Å². The van der Waals surface area contributed by atoms with E-state index in [0.717, 1.165) is 16.5 Å². The SMILES string of the molecule is CC(NC(=O)c1cccc2ccccc12)c1ccco1. The topological polar surface area (TPSA) is 42.2 Å². The molecule has 0 aliphatic heterocycles. The monoisotopic (exact) mass is 265 g/mol. The lowest BCUT2D eigenvalue weighted by Crippen LogP contribution is -2.26. The number of rotatable bonds is 3. The van der Waals surface area contributed by atoms with Crippen LogP contribution in [0.2, 0.25) is 0 Å². The number of furan rings is 1. The summed E-state index contributed by atoms with van der Waals surface area (Å²) in [5.74, 6) is 0.657. The third-order valence-corrected chi connectivity index (χ3v) is 3.35. The minimum Gasteiger partial charge on any atom is -0.467 e. The van der Waals surface area contributed by atoms with Gasteiger partial charge in [0.15, 0.2) is 0 Å². The van der Waals surface area contributed by atoms with Gasteiger partial charge in [0, 0.05) is 5.56 Å². The summed E-state index contributed by atoms with van der Waals surface area (Å²) in [6.07, 6.45) is 1.61. The molecule has 0 aliphatic rings. The lowest BCUT2D eigenvalue weighted by Gasteiger charge is -2.12. The van der Waals surface area contributed by atoms with Crippen LogP contribution in [0.15, 0.2) is 65.3 Å². The van der Waals surface area contributed by atoms with Gasteiger partial charge in [0.05, 0.1) is 12.3 Å². The van der Waals surface area contributed by atoms with Crippen molar-refractivity contribution in [1.29, 1.82) is 0 Å². The molecule has 3 aromatic rings. The van der Waals surface area contributed by atoms with E-state index in [1.54, 1.807) is 6.26 Å². The van der Waals surface area contributed by atoms with Crippen LogP contribution >= 0.6 is 0 Å². The van der Waals surface area contributed by atoms with Crippen molar-refractivity contribution in [2.24, 2.45) is 0 Å². The van der Waals surface area contributed by atoms with Crippen LogP contribution in [0, 0.1) is 0 Å². The predicted octanol–water partition coefficient (Wildman–Crippen LogP) is 3.92. The van der Waals surface area contributed by atoms with E-state index in [1.165, 1.54) is 0 Å². The first-order chi connectivity index (χ1) is 9.75. The molecule has 1 N–H and O–H groups in total. The van der Waals surface area contributed by atoms with Crippen LogP contribution in [0.1, 0.15) is 29.1 Å². The average molecular weight is 265 g/mol. The van der Waals surface area contributed by atoms with Crippen molar-refractivity contribution < 1.29 is 9.21 Å². The fourth-order valence-electron chi connectivity index (χ4n) is 2.31. The first kappa shape index (κ1) is 12.5. The molecule has 0 aliphatic carbocycles. The molecule has 3 rings (SSSR count). The van der Waals surface area contributed by atoms with Crippen LogP contribution in [0.3, 0.4) is 0 Å². The second kappa shape index (κ2) is 5.21. The summed E-state index contributed by atoms with van der Waals surface area (Å²) in [4.78, 5) is 12.4. The Bertz CT molecular complexity index is 726. The molecule has 20 heavy (non-hydrogen) atoms. The zero-order valence-electron chi connectivity index (χ0n) is 11.2. The highest BCUT2D eigenvalue weighted by atomic mass is 16.3. The van der Waals surface area contributed by atoms with Crippen LogP contribution in [0.25, 0.3) is 10.8 Å². The number of carbonyl (C=O) groups excluding carboxylic acids is 1. The largest absolute Gasteiger partial charge is 0.467 e. The number of hydrogen-bond acceptors (Lipinski definition) is 2. The Morgan fingerprint density at radius 1 is 1.05 bits per heavy atom. The number of carbonyl (C=O) groups is 1. The highest BCUT2D eigenvalue weighted by molar-refractivity contribution is 6.07. The van der Waals surface area contributed by atoms with E-state index in [4.69, 9.17) is 4.42 Å². The van der Waals surface area contributed by atoms with Gasteiger partial charge in [-0.15, -0.1) is 0 Å². The summed E-state index contributed by atoms with van der Waals surface area (Å²) in [6, 6.07) is 17.1. The van der Waals surface area contributed by atoms with Crippen molar-refractivity contribution in [3.05, 3.63) is 72.2 Å². The first-order valence-corrected chi connectivity index (χ1v) is 6.58. The summed E-state index contributed by atoms with van der Waals surface area (Å²) in [7, 11) is 0. The lowest BCUT2D eigenvalue weighted by atomic mass is 10.0. The summed E-state index contributed by atoms with van der Waals surface area (Å²) in [5, 5.41) is 4.98. The van der Waals surface area contributed by atoms with E-state index < -0.39 is 0 Å². The summed E-state index contributed by atoms with van der Waals surface area (Å²) >= 11 is 0. The molecule has 2 aromatic carbocycles. The van der Waals surface area contributed by atoms with E-state index in [-0.39, 0.29) is 11.9 Å². The molecule has 0 saturated carbocycles. The third kappa shape index (κ3) is 2.30. The minimum atomic E-state index is -0.156. The molecule has 1 unspecified atom stereocenters. The van der Waals surface area contributed by atoms with Crippen LogP contribution in [-0.4, -0.2) is 5.91 Å². The molecule has 3 heteroatoms. The van der Waals surface area contributed by atoms with Crippen molar-refractivity contribution in [2.45, 2.75) is 13.0 Å². The molecule has 0 saturated heterocycles. The molecule has 0 fully saturated rings. The van der Waals surface area contributed by atoms with Gasteiger partial charge in [0.25, 0.3) is 5.91 Å². The Morgan fingerprint density at radius 2 is 1.85 bits per heavy atom. The summed E-state index contributed by atoms with van der Waals surface area (Å²) < 4.78 is 5.30. The molecule has 0 spiro atoms. The Morgan fingerprint density at radius 3 is 2.65 bits per heavy atom. The molecule has 1 atom stereocenters. The molecular formula is C17H15NO2. The van der Waals surface area contributed by atoms with Crippen molar-refractivity contribution in [2.75, 3.05) is 0 Å². The van der Waals surface area contributed by atoms with E-state index in [2.05, 4.69) is 5.32 Å². The van der Waals surface area contributed by atoms with Crippen LogP contribution in [-0.2, 0) is 0 Å². The zero-order valence-corrected chi connectivity index (χ0v) is 11.2. The van der Waals surface area contributed by atoms with Gasteiger partial charge in [-0.1, -0.05) is 36.4 Å². The Balaban J connectivity index is 1.89. The van der Waals surface area contributed by atoms with Gasteiger partial charge in [0.2, 0.25) is 0 Å².